The molecule has 0 radical (unpaired) electrons. The van der Waals surface area contributed by atoms with Gasteiger partial charge in [-0.25, -0.2) is 0 Å². The summed E-state index contributed by atoms with van der Waals surface area (Å²) in [6.07, 6.45) is 0. The van der Waals surface area contributed by atoms with E-state index in [0.717, 1.165) is 5.56 Å². The lowest BCUT2D eigenvalue weighted by Gasteiger charge is -2.16. The number of thiophene rings is 1. The van der Waals surface area contributed by atoms with Gasteiger partial charge in [-0.05, 0) is 17.7 Å². The molecule has 1 aromatic heterocycles. The molecule has 0 saturated carbocycles. The van der Waals surface area contributed by atoms with E-state index in [1.807, 2.05) is 29.6 Å². The van der Waals surface area contributed by atoms with Gasteiger partial charge in [0.1, 0.15) is 5.75 Å². The fraction of sp³-hybridized carbons (Fsp3) is 0.214. The van der Waals surface area contributed by atoms with E-state index in [1.165, 1.54) is 11.3 Å². The van der Waals surface area contributed by atoms with E-state index in [1.54, 1.807) is 25.1 Å². The van der Waals surface area contributed by atoms with Crippen molar-refractivity contribution in [3.8, 4) is 5.75 Å². The number of carbonyl (C=O) groups is 1. The third kappa shape index (κ3) is 3.26. The molecule has 0 unspecified atom stereocenters. The minimum Gasteiger partial charge on any atom is -0.496 e. The monoisotopic (exact) mass is 276 g/mol. The fourth-order valence-electron chi connectivity index (χ4n) is 1.76. The van der Waals surface area contributed by atoms with Gasteiger partial charge < -0.3 is 15.4 Å². The molecule has 0 fully saturated rings. The number of benzene rings is 1. The van der Waals surface area contributed by atoms with Gasteiger partial charge in [0.05, 0.1) is 12.0 Å². The summed E-state index contributed by atoms with van der Waals surface area (Å²) in [5, 5.41) is 1.82. The first-order chi connectivity index (χ1) is 9.10. The highest BCUT2D eigenvalue weighted by atomic mass is 32.1. The number of hydrogen-bond acceptors (Lipinski definition) is 4. The number of hydrogen-bond donors (Lipinski definition) is 1. The Balaban J connectivity index is 2.07. The maximum absolute atomic E-state index is 12.2. The minimum absolute atomic E-state index is 0.0178. The topological polar surface area (TPSA) is 55.6 Å². The Labute approximate surface area is 116 Å². The van der Waals surface area contributed by atoms with Crippen LogP contribution in [0, 0.1) is 0 Å². The molecule has 0 aliphatic heterocycles. The van der Waals surface area contributed by atoms with Crippen LogP contribution >= 0.6 is 11.3 Å². The molecule has 100 valence electrons. The van der Waals surface area contributed by atoms with Crippen LogP contribution in [0.1, 0.15) is 15.2 Å². The number of rotatable bonds is 4. The number of nitrogens with zero attached hydrogens (tertiary/aromatic N) is 1. The molecule has 4 nitrogen and oxygen atoms in total. The average molecular weight is 276 g/mol. The van der Waals surface area contributed by atoms with E-state index in [2.05, 4.69) is 0 Å². The molecule has 2 N–H and O–H groups in total. The van der Waals surface area contributed by atoms with Crippen molar-refractivity contribution in [2.75, 3.05) is 19.9 Å². The smallest absolute Gasteiger partial charge is 0.264 e. The van der Waals surface area contributed by atoms with Gasteiger partial charge in [0.2, 0.25) is 0 Å². The normalized spacial score (nSPS) is 10.2. The Morgan fingerprint density at radius 3 is 2.84 bits per heavy atom. The lowest BCUT2D eigenvalue weighted by Crippen LogP contribution is -2.25. The maximum atomic E-state index is 12.2. The predicted molar refractivity (Wildman–Crippen MR) is 77.5 cm³/mol. The summed E-state index contributed by atoms with van der Waals surface area (Å²) < 4.78 is 5.08. The van der Waals surface area contributed by atoms with Crippen molar-refractivity contribution in [3.63, 3.8) is 0 Å². The van der Waals surface area contributed by atoms with Crippen LogP contribution in [-0.4, -0.2) is 25.0 Å². The predicted octanol–water partition coefficient (Wildman–Crippen LogP) is 2.61. The van der Waals surface area contributed by atoms with E-state index in [0.29, 0.717) is 22.9 Å². The van der Waals surface area contributed by atoms with Gasteiger partial charge in [-0.2, -0.15) is 0 Å². The Kier molecular flexibility index (Phi) is 4.06. The molecule has 1 amide bonds. The molecule has 2 rings (SSSR count). The van der Waals surface area contributed by atoms with Crippen LogP contribution in [-0.2, 0) is 6.54 Å². The van der Waals surface area contributed by atoms with Gasteiger partial charge in [-0.15, -0.1) is 11.3 Å². The highest BCUT2D eigenvalue weighted by molar-refractivity contribution is 7.12. The van der Waals surface area contributed by atoms with Crippen LogP contribution in [0.3, 0.4) is 0 Å². The van der Waals surface area contributed by atoms with Gasteiger partial charge in [0, 0.05) is 30.7 Å². The van der Waals surface area contributed by atoms with Crippen molar-refractivity contribution in [2.24, 2.45) is 0 Å². The Bertz CT molecular complexity index is 580. The molecule has 0 aliphatic rings. The van der Waals surface area contributed by atoms with E-state index >= 15 is 0 Å². The summed E-state index contributed by atoms with van der Waals surface area (Å²) in [7, 11) is 3.37. The SMILES string of the molecule is COc1csc(C(=O)N(C)Cc2cccc(N)c2)c1. The summed E-state index contributed by atoms with van der Waals surface area (Å²) in [5.41, 5.74) is 7.44. The third-order valence-electron chi connectivity index (χ3n) is 2.74. The van der Waals surface area contributed by atoms with Crippen LogP contribution < -0.4 is 10.5 Å². The zero-order chi connectivity index (χ0) is 13.8. The molecule has 2 aromatic rings. The molecule has 0 aliphatic carbocycles. The maximum Gasteiger partial charge on any atom is 0.264 e. The first kappa shape index (κ1) is 13.4. The number of carbonyl (C=O) groups excluding carboxylic acids is 1. The van der Waals surface area contributed by atoms with Gasteiger partial charge in [0.25, 0.3) is 5.91 Å². The largest absolute Gasteiger partial charge is 0.496 e. The highest BCUT2D eigenvalue weighted by Gasteiger charge is 2.14. The standard InChI is InChI=1S/C14H16N2O2S/c1-16(8-10-4-3-5-11(15)6-10)14(17)13-7-12(18-2)9-19-13/h3-7,9H,8,15H2,1-2H3. The molecule has 1 aromatic carbocycles. The second kappa shape index (κ2) is 5.75. The number of ether oxygens (including phenoxy) is 1. The van der Waals surface area contributed by atoms with Crippen molar-refractivity contribution in [1.82, 2.24) is 4.90 Å². The van der Waals surface area contributed by atoms with Crippen LogP contribution in [0.5, 0.6) is 5.75 Å². The summed E-state index contributed by atoms with van der Waals surface area (Å²) in [6, 6.07) is 9.30. The zero-order valence-electron chi connectivity index (χ0n) is 10.9. The number of nitrogen functional groups attached to an aromatic ring is 1. The molecule has 0 spiro atoms. The molecular formula is C14H16N2O2S. The number of amides is 1. The second-order valence-corrected chi connectivity index (χ2v) is 5.17. The summed E-state index contributed by atoms with van der Waals surface area (Å²) in [4.78, 5) is 14.5. The lowest BCUT2D eigenvalue weighted by molar-refractivity contribution is 0.0789. The van der Waals surface area contributed by atoms with Crippen LogP contribution in [0.25, 0.3) is 0 Å². The summed E-state index contributed by atoms with van der Waals surface area (Å²) in [5.74, 6) is 0.696. The number of anilines is 1. The molecule has 0 atom stereocenters. The van der Waals surface area contributed by atoms with E-state index in [-0.39, 0.29) is 5.91 Å². The Morgan fingerprint density at radius 2 is 2.21 bits per heavy atom. The van der Waals surface area contributed by atoms with E-state index in [4.69, 9.17) is 10.5 Å². The molecule has 5 heteroatoms. The third-order valence-corrected chi connectivity index (χ3v) is 3.64. The lowest BCUT2D eigenvalue weighted by atomic mass is 10.2. The fourth-order valence-corrected chi connectivity index (χ4v) is 2.61. The molecule has 0 saturated heterocycles. The van der Waals surface area contributed by atoms with Crippen LogP contribution in [0.15, 0.2) is 35.7 Å². The van der Waals surface area contributed by atoms with Gasteiger partial charge in [-0.1, -0.05) is 12.1 Å². The van der Waals surface area contributed by atoms with Crippen molar-refractivity contribution >= 4 is 22.9 Å². The molecule has 19 heavy (non-hydrogen) atoms. The highest BCUT2D eigenvalue weighted by Crippen LogP contribution is 2.22. The van der Waals surface area contributed by atoms with Crippen molar-refractivity contribution in [2.45, 2.75) is 6.54 Å². The first-order valence-corrected chi connectivity index (χ1v) is 6.70. The van der Waals surface area contributed by atoms with Crippen molar-refractivity contribution in [1.29, 1.82) is 0 Å². The summed E-state index contributed by atoms with van der Waals surface area (Å²) >= 11 is 1.38. The Morgan fingerprint density at radius 1 is 1.42 bits per heavy atom. The van der Waals surface area contributed by atoms with Gasteiger partial charge in [-0.3, -0.25) is 4.79 Å². The van der Waals surface area contributed by atoms with Gasteiger partial charge in [0.15, 0.2) is 0 Å². The second-order valence-electron chi connectivity index (χ2n) is 4.26. The quantitative estimate of drug-likeness (QED) is 0.873. The minimum atomic E-state index is -0.0178. The first-order valence-electron chi connectivity index (χ1n) is 5.82. The summed E-state index contributed by atoms with van der Waals surface area (Å²) in [6.45, 7) is 0.532. The zero-order valence-corrected chi connectivity index (χ0v) is 11.7. The van der Waals surface area contributed by atoms with Crippen molar-refractivity contribution < 1.29 is 9.53 Å². The molecule has 1 heterocycles. The van der Waals surface area contributed by atoms with Crippen LogP contribution in [0.2, 0.25) is 0 Å². The van der Waals surface area contributed by atoms with E-state index in [9.17, 15) is 4.79 Å². The van der Waals surface area contributed by atoms with Crippen molar-refractivity contribution in [3.05, 3.63) is 46.2 Å². The Hall–Kier alpha value is -2.01. The number of methoxy groups -OCH3 is 1. The van der Waals surface area contributed by atoms with Gasteiger partial charge >= 0.3 is 0 Å². The number of nitrogens with two attached hydrogens (primary N) is 1. The van der Waals surface area contributed by atoms with E-state index < -0.39 is 0 Å². The average Bonchev–Trinajstić information content (AvgIpc) is 2.86. The van der Waals surface area contributed by atoms with Crippen LogP contribution in [0.4, 0.5) is 5.69 Å². The molecule has 0 bridgehead atoms. The molecular weight excluding hydrogens is 260 g/mol.